The van der Waals surface area contributed by atoms with Crippen LogP contribution in [0.5, 0.6) is 5.75 Å². The highest BCUT2D eigenvalue weighted by atomic mass is 19.1. The molecule has 1 unspecified atom stereocenters. The van der Waals surface area contributed by atoms with Crippen molar-refractivity contribution in [2.75, 3.05) is 26.8 Å². The van der Waals surface area contributed by atoms with Crippen LogP contribution in [0.3, 0.4) is 0 Å². The molecule has 0 saturated carbocycles. The summed E-state index contributed by atoms with van der Waals surface area (Å²) in [6.45, 7) is 3.84. The van der Waals surface area contributed by atoms with E-state index in [1.807, 2.05) is 0 Å². The summed E-state index contributed by atoms with van der Waals surface area (Å²) in [5, 5.41) is 8.72. The number of methoxy groups -OCH3 is 1. The highest BCUT2D eigenvalue weighted by molar-refractivity contribution is 5.29. The van der Waals surface area contributed by atoms with Crippen LogP contribution in [0.4, 0.5) is 4.39 Å². The van der Waals surface area contributed by atoms with E-state index in [-0.39, 0.29) is 11.9 Å². The normalized spacial score (nSPS) is 21.1. The minimum Gasteiger partial charge on any atom is -0.497 e. The lowest BCUT2D eigenvalue weighted by Crippen LogP contribution is -2.27. The lowest BCUT2D eigenvalue weighted by atomic mass is 10.2. The van der Waals surface area contributed by atoms with E-state index in [0.717, 1.165) is 57.2 Å². The smallest absolute Gasteiger partial charge is 0.162 e. The zero-order chi connectivity index (χ0) is 17.2. The largest absolute Gasteiger partial charge is 0.497 e. The molecule has 0 N–H and O–H groups in total. The third-order valence-corrected chi connectivity index (χ3v) is 5.01. The van der Waals surface area contributed by atoms with E-state index in [2.05, 4.69) is 19.7 Å². The molecule has 1 fully saturated rings. The number of nitrogens with zero attached hydrogens (tertiary/aromatic N) is 4. The molecule has 4 rings (SSSR count). The van der Waals surface area contributed by atoms with Gasteiger partial charge in [-0.15, -0.1) is 10.2 Å². The van der Waals surface area contributed by atoms with Crippen molar-refractivity contribution in [1.29, 1.82) is 0 Å². The van der Waals surface area contributed by atoms with Gasteiger partial charge in [0.2, 0.25) is 0 Å². The van der Waals surface area contributed by atoms with Crippen LogP contribution in [0.1, 0.15) is 36.2 Å². The van der Waals surface area contributed by atoms with E-state index >= 15 is 0 Å². The molecule has 0 amide bonds. The van der Waals surface area contributed by atoms with Gasteiger partial charge in [-0.2, -0.15) is 0 Å². The van der Waals surface area contributed by atoms with Crippen LogP contribution in [0.2, 0.25) is 0 Å². The maximum absolute atomic E-state index is 14.1. The lowest BCUT2D eigenvalue weighted by Gasteiger charge is -2.20. The zero-order valence-corrected chi connectivity index (χ0v) is 14.4. The van der Waals surface area contributed by atoms with Gasteiger partial charge in [0.1, 0.15) is 23.5 Å². The summed E-state index contributed by atoms with van der Waals surface area (Å²) < 4.78 is 27.3. The highest BCUT2D eigenvalue weighted by Crippen LogP contribution is 2.28. The van der Waals surface area contributed by atoms with E-state index in [0.29, 0.717) is 17.9 Å². The second-order valence-corrected chi connectivity index (χ2v) is 6.61. The number of halogens is 1. The molecule has 3 heterocycles. The third kappa shape index (κ3) is 3.39. The van der Waals surface area contributed by atoms with Crippen molar-refractivity contribution in [3.8, 4) is 5.75 Å². The Bertz CT molecular complexity index is 743. The first-order valence-electron chi connectivity index (χ1n) is 8.83. The Balaban J connectivity index is 1.47. The SMILES string of the molecule is COc1ccc(F)c(CN2CCc3nnc(C4CCCO4)n3CC2)c1. The summed E-state index contributed by atoms with van der Waals surface area (Å²) in [4.78, 5) is 2.26. The molecule has 6 nitrogen and oxygen atoms in total. The summed E-state index contributed by atoms with van der Waals surface area (Å²) in [6, 6.07) is 4.89. The molecule has 2 aliphatic heterocycles. The van der Waals surface area contributed by atoms with Gasteiger partial charge in [-0.25, -0.2) is 4.39 Å². The fourth-order valence-electron chi connectivity index (χ4n) is 3.61. The maximum Gasteiger partial charge on any atom is 0.162 e. The van der Waals surface area contributed by atoms with Gasteiger partial charge in [0.25, 0.3) is 0 Å². The lowest BCUT2D eigenvalue weighted by molar-refractivity contribution is 0.101. The Morgan fingerprint density at radius 3 is 3.00 bits per heavy atom. The Hall–Kier alpha value is -1.99. The molecule has 1 atom stereocenters. The molecule has 134 valence electrons. The Morgan fingerprint density at radius 1 is 1.28 bits per heavy atom. The molecule has 2 aromatic rings. The van der Waals surface area contributed by atoms with Gasteiger partial charge in [0.15, 0.2) is 5.82 Å². The second-order valence-electron chi connectivity index (χ2n) is 6.61. The molecule has 1 aromatic heterocycles. The number of ether oxygens (including phenoxy) is 2. The van der Waals surface area contributed by atoms with Crippen LogP contribution in [0, 0.1) is 5.82 Å². The van der Waals surface area contributed by atoms with Gasteiger partial charge in [0.05, 0.1) is 7.11 Å². The van der Waals surface area contributed by atoms with Gasteiger partial charge < -0.3 is 14.0 Å². The Morgan fingerprint density at radius 2 is 2.20 bits per heavy atom. The summed E-state index contributed by atoms with van der Waals surface area (Å²) in [5.74, 6) is 2.44. The molecule has 0 bridgehead atoms. The molecule has 0 spiro atoms. The number of fused-ring (bicyclic) bond motifs is 1. The third-order valence-electron chi connectivity index (χ3n) is 5.01. The number of hydrogen-bond donors (Lipinski definition) is 0. The number of rotatable bonds is 4. The van der Waals surface area contributed by atoms with Gasteiger partial charge in [-0.3, -0.25) is 4.90 Å². The predicted octanol–water partition coefficient (Wildman–Crippen LogP) is 2.34. The zero-order valence-electron chi connectivity index (χ0n) is 14.4. The highest BCUT2D eigenvalue weighted by Gasteiger charge is 2.27. The average Bonchev–Trinajstić information content (AvgIpc) is 3.24. The van der Waals surface area contributed by atoms with Crippen LogP contribution < -0.4 is 4.74 Å². The molecule has 25 heavy (non-hydrogen) atoms. The van der Waals surface area contributed by atoms with E-state index in [1.165, 1.54) is 6.07 Å². The summed E-state index contributed by atoms with van der Waals surface area (Å²) >= 11 is 0. The van der Waals surface area contributed by atoms with Crippen molar-refractivity contribution >= 4 is 0 Å². The molecule has 0 radical (unpaired) electrons. The Labute approximate surface area is 146 Å². The van der Waals surface area contributed by atoms with Gasteiger partial charge in [0, 0.05) is 44.8 Å². The van der Waals surface area contributed by atoms with Gasteiger partial charge >= 0.3 is 0 Å². The standard InChI is InChI=1S/C18H23FN4O2/c1-24-14-4-5-15(19)13(11-14)12-22-7-6-17-20-21-18(23(17)9-8-22)16-3-2-10-25-16/h4-5,11,16H,2-3,6-10,12H2,1H3. The summed E-state index contributed by atoms with van der Waals surface area (Å²) in [7, 11) is 1.60. The van der Waals surface area contributed by atoms with Gasteiger partial charge in [-0.05, 0) is 31.0 Å². The number of benzene rings is 1. The average molecular weight is 346 g/mol. The molecule has 1 aromatic carbocycles. The van der Waals surface area contributed by atoms with Crippen LogP contribution in [-0.2, 0) is 24.2 Å². The van der Waals surface area contributed by atoms with E-state index in [4.69, 9.17) is 9.47 Å². The molecule has 7 heteroatoms. The number of aromatic nitrogens is 3. The summed E-state index contributed by atoms with van der Waals surface area (Å²) in [5.41, 5.74) is 0.663. The second kappa shape index (κ2) is 7.09. The van der Waals surface area contributed by atoms with Crippen molar-refractivity contribution in [2.45, 2.75) is 38.5 Å². The van der Waals surface area contributed by atoms with Crippen molar-refractivity contribution < 1.29 is 13.9 Å². The quantitative estimate of drug-likeness (QED) is 0.850. The molecule has 1 saturated heterocycles. The van der Waals surface area contributed by atoms with E-state index in [1.54, 1.807) is 19.2 Å². The van der Waals surface area contributed by atoms with E-state index in [9.17, 15) is 4.39 Å². The minimum absolute atomic E-state index is 0.0728. The van der Waals surface area contributed by atoms with Crippen LogP contribution in [-0.4, -0.2) is 46.5 Å². The van der Waals surface area contributed by atoms with Gasteiger partial charge in [-0.1, -0.05) is 0 Å². The van der Waals surface area contributed by atoms with Crippen molar-refractivity contribution in [3.05, 3.63) is 41.2 Å². The Kier molecular flexibility index (Phi) is 4.67. The first kappa shape index (κ1) is 16.5. The van der Waals surface area contributed by atoms with Crippen LogP contribution in [0.25, 0.3) is 0 Å². The van der Waals surface area contributed by atoms with Crippen LogP contribution in [0.15, 0.2) is 18.2 Å². The number of hydrogen-bond acceptors (Lipinski definition) is 5. The van der Waals surface area contributed by atoms with Crippen molar-refractivity contribution in [2.24, 2.45) is 0 Å². The topological polar surface area (TPSA) is 52.4 Å². The minimum atomic E-state index is -0.190. The van der Waals surface area contributed by atoms with Crippen molar-refractivity contribution in [1.82, 2.24) is 19.7 Å². The first-order chi connectivity index (χ1) is 12.2. The molecular formula is C18H23FN4O2. The fourth-order valence-corrected chi connectivity index (χ4v) is 3.61. The monoisotopic (exact) mass is 346 g/mol. The summed E-state index contributed by atoms with van der Waals surface area (Å²) in [6.07, 6.45) is 2.97. The van der Waals surface area contributed by atoms with Crippen molar-refractivity contribution in [3.63, 3.8) is 0 Å². The molecule has 2 aliphatic rings. The molecular weight excluding hydrogens is 323 g/mol. The predicted molar refractivity (Wildman–Crippen MR) is 89.9 cm³/mol. The van der Waals surface area contributed by atoms with E-state index < -0.39 is 0 Å². The fraction of sp³-hybridized carbons (Fsp3) is 0.556. The molecule has 0 aliphatic carbocycles. The van der Waals surface area contributed by atoms with Crippen LogP contribution >= 0.6 is 0 Å². The maximum atomic E-state index is 14.1. The first-order valence-corrected chi connectivity index (χ1v) is 8.83.